The summed E-state index contributed by atoms with van der Waals surface area (Å²) in [5.41, 5.74) is 0. The Kier molecular flexibility index (Phi) is 7.85. The molecule has 0 saturated heterocycles. The molecule has 62 valence electrons. The summed E-state index contributed by atoms with van der Waals surface area (Å²) in [5.74, 6) is 0.728. The first kappa shape index (κ1) is 10.4. The minimum Gasteiger partial charge on any atom is -0.400 e. The van der Waals surface area contributed by atoms with E-state index in [4.69, 9.17) is 20.5 Å². The molecule has 0 aliphatic heterocycles. The van der Waals surface area contributed by atoms with Crippen LogP contribution < -0.4 is 0 Å². The van der Waals surface area contributed by atoms with Gasteiger partial charge in [-0.15, -0.1) is 11.6 Å². The molecular formula is C6H15ClO2Si. The summed E-state index contributed by atoms with van der Waals surface area (Å²) < 4.78 is 10.4. The highest BCUT2D eigenvalue weighted by Crippen LogP contribution is 1.94. The van der Waals surface area contributed by atoms with Crippen LogP contribution in [0.15, 0.2) is 0 Å². The van der Waals surface area contributed by atoms with E-state index in [1.165, 1.54) is 0 Å². The lowest BCUT2D eigenvalue weighted by molar-refractivity contribution is 0.231. The standard InChI is InChI=1S/C6H15ClO2Si/c1-8-10(2)9-6-4-3-5-7/h10H,3-6H2,1-2H3. The van der Waals surface area contributed by atoms with Crippen LogP contribution in [0.5, 0.6) is 0 Å². The van der Waals surface area contributed by atoms with Gasteiger partial charge in [-0.05, 0) is 19.4 Å². The van der Waals surface area contributed by atoms with E-state index in [1.807, 2.05) is 6.55 Å². The average Bonchev–Trinajstić information content (AvgIpc) is 1.98. The molecule has 0 radical (unpaired) electrons. The molecule has 0 heterocycles. The molecule has 0 bridgehead atoms. The maximum atomic E-state index is 5.48. The third kappa shape index (κ3) is 6.55. The second-order valence-corrected chi connectivity index (χ2v) is 4.39. The SMILES string of the molecule is CO[SiH](C)OCCCCCl. The van der Waals surface area contributed by atoms with Crippen molar-refractivity contribution in [3.63, 3.8) is 0 Å². The molecule has 0 saturated carbocycles. The van der Waals surface area contributed by atoms with Gasteiger partial charge in [0.15, 0.2) is 0 Å². The van der Waals surface area contributed by atoms with Crippen molar-refractivity contribution in [2.75, 3.05) is 19.6 Å². The summed E-state index contributed by atoms with van der Waals surface area (Å²) in [6.45, 7) is 2.81. The van der Waals surface area contributed by atoms with E-state index in [0.717, 1.165) is 25.3 Å². The molecule has 0 fully saturated rings. The van der Waals surface area contributed by atoms with Crippen LogP contribution in [0.25, 0.3) is 0 Å². The van der Waals surface area contributed by atoms with Crippen molar-refractivity contribution in [2.24, 2.45) is 0 Å². The topological polar surface area (TPSA) is 18.5 Å². The molecule has 0 aliphatic carbocycles. The number of hydrogen-bond acceptors (Lipinski definition) is 2. The number of rotatable bonds is 6. The van der Waals surface area contributed by atoms with Gasteiger partial charge in [-0.3, -0.25) is 0 Å². The molecule has 0 N–H and O–H groups in total. The second kappa shape index (κ2) is 7.53. The molecule has 0 aliphatic rings. The van der Waals surface area contributed by atoms with Crippen molar-refractivity contribution in [3.05, 3.63) is 0 Å². The predicted molar refractivity (Wildman–Crippen MR) is 45.9 cm³/mol. The highest BCUT2D eigenvalue weighted by Gasteiger charge is 2.00. The Labute approximate surface area is 69.3 Å². The Morgan fingerprint density at radius 2 is 2.10 bits per heavy atom. The van der Waals surface area contributed by atoms with Gasteiger partial charge in [-0.25, -0.2) is 0 Å². The van der Waals surface area contributed by atoms with E-state index in [0.29, 0.717) is 0 Å². The van der Waals surface area contributed by atoms with Gasteiger partial charge in [0.2, 0.25) is 0 Å². The van der Waals surface area contributed by atoms with E-state index in [9.17, 15) is 0 Å². The Bertz CT molecular complexity index is 72.8. The van der Waals surface area contributed by atoms with E-state index in [1.54, 1.807) is 7.11 Å². The maximum absolute atomic E-state index is 5.48. The summed E-state index contributed by atoms with van der Waals surface area (Å²) >= 11 is 5.48. The lowest BCUT2D eigenvalue weighted by Crippen LogP contribution is -2.16. The fourth-order valence-electron chi connectivity index (χ4n) is 0.514. The van der Waals surface area contributed by atoms with Crippen LogP contribution >= 0.6 is 11.6 Å². The average molecular weight is 183 g/mol. The fraction of sp³-hybridized carbons (Fsp3) is 1.00. The molecule has 10 heavy (non-hydrogen) atoms. The molecule has 0 amide bonds. The number of halogens is 1. The molecular weight excluding hydrogens is 168 g/mol. The highest BCUT2D eigenvalue weighted by atomic mass is 35.5. The fourth-order valence-corrected chi connectivity index (χ4v) is 1.34. The number of unbranched alkanes of at least 4 members (excludes halogenated alkanes) is 1. The van der Waals surface area contributed by atoms with Crippen LogP contribution in [0.1, 0.15) is 12.8 Å². The van der Waals surface area contributed by atoms with Crippen molar-refractivity contribution in [1.29, 1.82) is 0 Å². The zero-order chi connectivity index (χ0) is 7.82. The summed E-state index contributed by atoms with van der Waals surface area (Å²) in [5, 5.41) is 0. The van der Waals surface area contributed by atoms with Crippen LogP contribution in [-0.2, 0) is 8.85 Å². The van der Waals surface area contributed by atoms with Gasteiger partial charge in [-0.1, -0.05) is 0 Å². The summed E-state index contributed by atoms with van der Waals surface area (Å²) in [6.07, 6.45) is 2.08. The molecule has 0 aromatic carbocycles. The maximum Gasteiger partial charge on any atom is 0.317 e. The predicted octanol–water partition coefficient (Wildman–Crippen LogP) is 1.52. The highest BCUT2D eigenvalue weighted by molar-refractivity contribution is 6.42. The molecule has 4 heteroatoms. The smallest absolute Gasteiger partial charge is 0.317 e. The van der Waals surface area contributed by atoms with Gasteiger partial charge in [0.1, 0.15) is 0 Å². The zero-order valence-corrected chi connectivity index (χ0v) is 8.51. The Morgan fingerprint density at radius 3 is 2.60 bits per heavy atom. The quantitative estimate of drug-likeness (QED) is 0.352. The van der Waals surface area contributed by atoms with Crippen LogP contribution in [-0.4, -0.2) is 28.9 Å². The first-order valence-corrected chi connectivity index (χ1v) is 6.14. The molecule has 2 nitrogen and oxygen atoms in total. The second-order valence-electron chi connectivity index (χ2n) is 2.07. The van der Waals surface area contributed by atoms with E-state index >= 15 is 0 Å². The first-order valence-electron chi connectivity index (χ1n) is 3.51. The minimum absolute atomic E-state index is 0.728. The normalized spacial score (nSPS) is 13.5. The Hall–Kier alpha value is 0.427. The van der Waals surface area contributed by atoms with Crippen LogP contribution in [0.3, 0.4) is 0 Å². The third-order valence-electron chi connectivity index (χ3n) is 1.21. The van der Waals surface area contributed by atoms with Crippen LogP contribution in [0, 0.1) is 0 Å². The lowest BCUT2D eigenvalue weighted by Gasteiger charge is -2.07. The van der Waals surface area contributed by atoms with Crippen molar-refractivity contribution >= 4 is 20.9 Å². The van der Waals surface area contributed by atoms with Crippen molar-refractivity contribution in [1.82, 2.24) is 0 Å². The van der Waals surface area contributed by atoms with Gasteiger partial charge in [0, 0.05) is 19.6 Å². The molecule has 0 spiro atoms. The van der Waals surface area contributed by atoms with E-state index in [-0.39, 0.29) is 0 Å². The van der Waals surface area contributed by atoms with E-state index < -0.39 is 9.28 Å². The summed E-state index contributed by atoms with van der Waals surface area (Å²) in [7, 11) is 0.426. The van der Waals surface area contributed by atoms with Crippen molar-refractivity contribution in [3.8, 4) is 0 Å². The summed E-state index contributed by atoms with van der Waals surface area (Å²) in [6, 6.07) is 0. The molecule has 0 aromatic rings. The molecule has 1 atom stereocenters. The summed E-state index contributed by atoms with van der Waals surface area (Å²) in [4.78, 5) is 0. The monoisotopic (exact) mass is 182 g/mol. The molecule has 0 rings (SSSR count). The van der Waals surface area contributed by atoms with Gasteiger partial charge in [-0.2, -0.15) is 0 Å². The zero-order valence-electron chi connectivity index (χ0n) is 6.60. The van der Waals surface area contributed by atoms with Crippen LogP contribution in [0.2, 0.25) is 6.55 Å². The van der Waals surface area contributed by atoms with Gasteiger partial charge < -0.3 is 8.85 Å². The number of hydrogen-bond donors (Lipinski definition) is 0. The van der Waals surface area contributed by atoms with Crippen LogP contribution in [0.4, 0.5) is 0 Å². The third-order valence-corrected chi connectivity index (χ3v) is 2.85. The minimum atomic E-state index is -1.27. The Balaban J connectivity index is 2.89. The molecule has 0 aromatic heterocycles. The first-order chi connectivity index (χ1) is 4.81. The Morgan fingerprint density at radius 1 is 1.40 bits per heavy atom. The molecule has 1 unspecified atom stereocenters. The largest absolute Gasteiger partial charge is 0.400 e. The van der Waals surface area contributed by atoms with E-state index in [2.05, 4.69) is 0 Å². The van der Waals surface area contributed by atoms with Gasteiger partial charge in [0.05, 0.1) is 0 Å². The lowest BCUT2D eigenvalue weighted by atomic mass is 10.4. The number of alkyl halides is 1. The van der Waals surface area contributed by atoms with Crippen molar-refractivity contribution < 1.29 is 8.85 Å². The van der Waals surface area contributed by atoms with Gasteiger partial charge >= 0.3 is 9.28 Å². The van der Waals surface area contributed by atoms with Crippen molar-refractivity contribution in [2.45, 2.75) is 19.4 Å². The van der Waals surface area contributed by atoms with Gasteiger partial charge in [0.25, 0.3) is 0 Å².